The third kappa shape index (κ3) is 4.34. The monoisotopic (exact) mass is 271 g/mol. The average molecular weight is 272 g/mol. The lowest BCUT2D eigenvalue weighted by Crippen LogP contribution is -2.25. The first-order valence-corrected chi connectivity index (χ1v) is 5.72. The molecule has 1 atom stereocenters. The highest BCUT2D eigenvalue weighted by Crippen LogP contribution is 2.10. The molecular weight excluding hydrogens is 258 g/mol. The van der Waals surface area contributed by atoms with Crippen LogP contribution in [0.15, 0.2) is 24.3 Å². The lowest BCUT2D eigenvalue weighted by molar-refractivity contribution is 0.0953. The van der Waals surface area contributed by atoms with E-state index in [9.17, 15) is 9.90 Å². The van der Waals surface area contributed by atoms with E-state index in [1.165, 1.54) is 12.1 Å². The SMILES string of the molecule is CC(Br)CCNC(=O)c1cccc(O)c1. The first-order chi connectivity index (χ1) is 7.09. The van der Waals surface area contributed by atoms with Gasteiger partial charge in [-0.1, -0.05) is 28.9 Å². The summed E-state index contributed by atoms with van der Waals surface area (Å²) in [6.07, 6.45) is 0.880. The number of phenolic OH excluding ortho intramolecular Hbond substituents is 1. The second kappa shape index (κ2) is 5.75. The van der Waals surface area contributed by atoms with E-state index in [2.05, 4.69) is 21.2 Å². The topological polar surface area (TPSA) is 49.3 Å². The molecule has 0 radical (unpaired) electrons. The molecule has 0 aliphatic carbocycles. The first kappa shape index (κ1) is 12.0. The molecular formula is C11H14BrNO2. The van der Waals surface area contributed by atoms with Gasteiger partial charge < -0.3 is 10.4 Å². The number of hydrogen-bond acceptors (Lipinski definition) is 2. The number of carbonyl (C=O) groups is 1. The van der Waals surface area contributed by atoms with E-state index in [4.69, 9.17) is 0 Å². The number of benzene rings is 1. The minimum atomic E-state index is -0.154. The third-order valence-electron chi connectivity index (χ3n) is 1.94. The molecule has 1 aromatic rings. The van der Waals surface area contributed by atoms with Crippen LogP contribution in [0.5, 0.6) is 5.75 Å². The molecule has 0 aliphatic heterocycles. The van der Waals surface area contributed by atoms with Crippen molar-refractivity contribution in [3.05, 3.63) is 29.8 Å². The summed E-state index contributed by atoms with van der Waals surface area (Å²) in [4.78, 5) is 11.9. The lowest BCUT2D eigenvalue weighted by Gasteiger charge is -2.06. The summed E-state index contributed by atoms with van der Waals surface area (Å²) in [6, 6.07) is 6.31. The molecule has 0 saturated heterocycles. The van der Waals surface area contributed by atoms with E-state index < -0.39 is 0 Å². The van der Waals surface area contributed by atoms with Crippen LogP contribution in [0.4, 0.5) is 0 Å². The molecule has 0 aromatic heterocycles. The Morgan fingerprint density at radius 1 is 1.60 bits per heavy atom. The summed E-state index contributed by atoms with van der Waals surface area (Å²) >= 11 is 3.40. The van der Waals surface area contributed by atoms with Crippen molar-refractivity contribution in [3.8, 4) is 5.75 Å². The zero-order chi connectivity index (χ0) is 11.3. The minimum absolute atomic E-state index is 0.108. The van der Waals surface area contributed by atoms with Gasteiger partial charge in [0.2, 0.25) is 0 Å². The van der Waals surface area contributed by atoms with E-state index in [1.807, 2.05) is 6.92 Å². The Hall–Kier alpha value is -1.03. The maximum absolute atomic E-state index is 11.5. The van der Waals surface area contributed by atoms with Gasteiger partial charge in [-0.3, -0.25) is 4.79 Å². The van der Waals surface area contributed by atoms with Crippen molar-refractivity contribution in [2.24, 2.45) is 0 Å². The largest absolute Gasteiger partial charge is 0.508 e. The first-order valence-electron chi connectivity index (χ1n) is 4.81. The lowest BCUT2D eigenvalue weighted by atomic mass is 10.2. The summed E-state index contributed by atoms with van der Waals surface area (Å²) in [5.41, 5.74) is 0.484. The standard InChI is InChI=1S/C11H14BrNO2/c1-8(12)5-6-13-11(15)9-3-2-4-10(14)7-9/h2-4,7-8,14H,5-6H2,1H3,(H,13,15). The van der Waals surface area contributed by atoms with Crippen LogP contribution in [0.25, 0.3) is 0 Å². The van der Waals surface area contributed by atoms with Gasteiger partial charge in [-0.25, -0.2) is 0 Å². The maximum Gasteiger partial charge on any atom is 0.251 e. The molecule has 1 rings (SSSR count). The molecule has 1 unspecified atom stereocenters. The van der Waals surface area contributed by atoms with Crippen LogP contribution in [0.1, 0.15) is 23.7 Å². The number of rotatable bonds is 4. The fourth-order valence-corrected chi connectivity index (χ4v) is 1.36. The van der Waals surface area contributed by atoms with Crippen molar-refractivity contribution < 1.29 is 9.90 Å². The van der Waals surface area contributed by atoms with Crippen LogP contribution >= 0.6 is 15.9 Å². The van der Waals surface area contributed by atoms with Crippen molar-refractivity contribution in [3.63, 3.8) is 0 Å². The predicted octanol–water partition coefficient (Wildman–Crippen LogP) is 2.30. The van der Waals surface area contributed by atoms with Crippen LogP contribution < -0.4 is 5.32 Å². The van der Waals surface area contributed by atoms with Gasteiger partial charge in [0, 0.05) is 16.9 Å². The molecule has 0 spiro atoms. The maximum atomic E-state index is 11.5. The van der Waals surface area contributed by atoms with E-state index in [-0.39, 0.29) is 11.7 Å². The van der Waals surface area contributed by atoms with Gasteiger partial charge in [-0.15, -0.1) is 0 Å². The normalized spacial score (nSPS) is 12.1. The molecule has 0 saturated carbocycles. The number of alkyl halides is 1. The zero-order valence-electron chi connectivity index (χ0n) is 8.53. The summed E-state index contributed by atoms with van der Waals surface area (Å²) < 4.78 is 0. The highest BCUT2D eigenvalue weighted by atomic mass is 79.9. The van der Waals surface area contributed by atoms with Gasteiger partial charge in [0.15, 0.2) is 0 Å². The van der Waals surface area contributed by atoms with Gasteiger partial charge in [-0.2, -0.15) is 0 Å². The number of nitrogens with one attached hydrogen (secondary N) is 1. The van der Waals surface area contributed by atoms with E-state index in [0.717, 1.165) is 6.42 Å². The van der Waals surface area contributed by atoms with E-state index in [1.54, 1.807) is 12.1 Å². The van der Waals surface area contributed by atoms with Crippen LogP contribution in [0.2, 0.25) is 0 Å². The van der Waals surface area contributed by atoms with Gasteiger partial charge >= 0.3 is 0 Å². The van der Waals surface area contributed by atoms with Crippen molar-refractivity contribution in [1.82, 2.24) is 5.32 Å². The Balaban J connectivity index is 2.47. The summed E-state index contributed by atoms with van der Waals surface area (Å²) in [7, 11) is 0. The summed E-state index contributed by atoms with van der Waals surface area (Å²) in [5, 5.41) is 12.0. The molecule has 0 bridgehead atoms. The fourth-order valence-electron chi connectivity index (χ4n) is 1.13. The second-order valence-corrected chi connectivity index (χ2v) is 4.94. The number of halogens is 1. The summed E-state index contributed by atoms with van der Waals surface area (Å²) in [6.45, 7) is 2.65. The highest BCUT2D eigenvalue weighted by Gasteiger charge is 2.05. The Bertz CT molecular complexity index is 339. The quantitative estimate of drug-likeness (QED) is 0.826. The molecule has 4 heteroatoms. The molecule has 3 nitrogen and oxygen atoms in total. The number of carbonyl (C=O) groups excluding carboxylic acids is 1. The van der Waals surface area contributed by atoms with Crippen LogP contribution in [0.3, 0.4) is 0 Å². The second-order valence-electron chi connectivity index (χ2n) is 3.38. The zero-order valence-corrected chi connectivity index (χ0v) is 10.1. The number of amides is 1. The number of phenols is 1. The smallest absolute Gasteiger partial charge is 0.251 e. The molecule has 15 heavy (non-hydrogen) atoms. The fraction of sp³-hybridized carbons (Fsp3) is 0.364. The molecule has 1 aromatic carbocycles. The Morgan fingerprint density at radius 3 is 2.93 bits per heavy atom. The Morgan fingerprint density at radius 2 is 2.33 bits per heavy atom. The molecule has 82 valence electrons. The number of aromatic hydroxyl groups is 1. The van der Waals surface area contributed by atoms with Gasteiger partial charge in [0.05, 0.1) is 0 Å². The van der Waals surface area contributed by atoms with Crippen LogP contribution in [-0.2, 0) is 0 Å². The van der Waals surface area contributed by atoms with Crippen molar-refractivity contribution in [2.75, 3.05) is 6.54 Å². The molecule has 0 aliphatic rings. The average Bonchev–Trinajstić information content (AvgIpc) is 2.17. The van der Waals surface area contributed by atoms with Crippen molar-refractivity contribution >= 4 is 21.8 Å². The molecule has 2 N–H and O–H groups in total. The summed E-state index contributed by atoms with van der Waals surface area (Å²) in [5.74, 6) is -0.0458. The van der Waals surface area contributed by atoms with Crippen molar-refractivity contribution in [2.45, 2.75) is 18.2 Å². The van der Waals surface area contributed by atoms with E-state index >= 15 is 0 Å². The van der Waals surface area contributed by atoms with Crippen LogP contribution in [-0.4, -0.2) is 22.4 Å². The number of hydrogen-bond donors (Lipinski definition) is 2. The van der Waals surface area contributed by atoms with Gasteiger partial charge in [0.1, 0.15) is 5.75 Å². The Kier molecular flexibility index (Phi) is 4.62. The van der Waals surface area contributed by atoms with Crippen LogP contribution in [0, 0.1) is 0 Å². The predicted molar refractivity (Wildman–Crippen MR) is 63.4 cm³/mol. The van der Waals surface area contributed by atoms with Crippen molar-refractivity contribution in [1.29, 1.82) is 0 Å². The van der Waals surface area contributed by atoms with Gasteiger partial charge in [-0.05, 0) is 24.6 Å². The van der Waals surface area contributed by atoms with E-state index in [0.29, 0.717) is 16.9 Å². The minimum Gasteiger partial charge on any atom is -0.508 e. The molecule has 0 heterocycles. The Labute approximate surface area is 97.6 Å². The molecule has 1 amide bonds. The third-order valence-corrected chi connectivity index (χ3v) is 2.39. The highest BCUT2D eigenvalue weighted by molar-refractivity contribution is 9.09. The van der Waals surface area contributed by atoms with Gasteiger partial charge in [0.25, 0.3) is 5.91 Å². The molecule has 0 fully saturated rings.